The molecule has 0 aliphatic carbocycles. The number of nitrogens with two attached hydrogens (primary N) is 1. The fourth-order valence-corrected chi connectivity index (χ4v) is 5.05. The van der Waals surface area contributed by atoms with Gasteiger partial charge in [-0.05, 0) is 42.8 Å². The molecule has 3 N–H and O–H groups in total. The molecule has 0 bridgehead atoms. The highest BCUT2D eigenvalue weighted by Crippen LogP contribution is 2.33. The summed E-state index contributed by atoms with van der Waals surface area (Å²) in [5.74, 6) is 6.15. The zero-order chi connectivity index (χ0) is 29.6. The molecule has 0 radical (unpaired) electrons. The normalized spacial score (nSPS) is 13.9. The number of hydrogen-bond donors (Lipinski definition) is 2. The highest BCUT2D eigenvalue weighted by Gasteiger charge is 2.19. The number of nitrogens with zero attached hydrogens (tertiary/aromatic N) is 6. The number of likely N-dealkylation sites (N-methyl/N-ethyl adjacent to an activating group) is 1. The van der Waals surface area contributed by atoms with Crippen LogP contribution in [0.2, 0.25) is 5.02 Å². The average Bonchev–Trinajstić information content (AvgIpc) is 3.42. The number of piperazine rings is 1. The number of carbonyl (C=O) groups is 1. The predicted octanol–water partition coefficient (Wildman–Crippen LogP) is 4.26. The third-order valence-electron chi connectivity index (χ3n) is 7.20. The van der Waals surface area contributed by atoms with Crippen LogP contribution < -0.4 is 11.1 Å². The summed E-state index contributed by atoms with van der Waals surface area (Å²) in [5.41, 5.74) is 11.4. The second-order valence-electron chi connectivity index (χ2n) is 10.3. The Bertz CT molecular complexity index is 1640. The third-order valence-corrected chi connectivity index (χ3v) is 7.55. The topological polar surface area (TPSA) is 105 Å². The molecule has 1 saturated heterocycles. The second-order valence-corrected chi connectivity index (χ2v) is 10.7. The maximum absolute atomic E-state index is 12.5. The van der Waals surface area contributed by atoms with Gasteiger partial charge in [0.05, 0.1) is 24.0 Å². The van der Waals surface area contributed by atoms with E-state index < -0.39 is 12.6 Å². The number of rotatable bonds is 8. The Balaban J connectivity index is 1.41. The molecule has 1 aliphatic rings. The molecule has 1 fully saturated rings. The van der Waals surface area contributed by atoms with E-state index in [0.29, 0.717) is 38.9 Å². The number of carbonyl (C=O) groups excluding carboxylic acids is 1. The van der Waals surface area contributed by atoms with Crippen molar-refractivity contribution in [3.63, 3.8) is 0 Å². The first-order chi connectivity index (χ1) is 20.3. The van der Waals surface area contributed by atoms with E-state index in [1.807, 2.05) is 31.2 Å². The smallest absolute Gasteiger partial charge is 0.249 e. The quantitative estimate of drug-likeness (QED) is 0.297. The van der Waals surface area contributed by atoms with Gasteiger partial charge < -0.3 is 16.0 Å². The third kappa shape index (κ3) is 6.94. The van der Waals surface area contributed by atoms with E-state index in [4.69, 9.17) is 17.3 Å². The maximum atomic E-state index is 12.5. The molecular weight excluding hydrogens is 555 g/mol. The van der Waals surface area contributed by atoms with E-state index in [2.05, 4.69) is 49.1 Å². The molecule has 3 heterocycles. The lowest BCUT2D eigenvalue weighted by molar-refractivity contribution is 0.100. The molecule has 2 aromatic carbocycles. The lowest BCUT2D eigenvalue weighted by Gasteiger charge is -2.32. The Labute approximate surface area is 249 Å². The van der Waals surface area contributed by atoms with E-state index in [1.165, 1.54) is 4.68 Å². The number of halogens is 2. The molecule has 11 heteroatoms. The van der Waals surface area contributed by atoms with Gasteiger partial charge in [0.25, 0.3) is 0 Å². The minimum absolute atomic E-state index is 0.183. The Morgan fingerprint density at radius 1 is 1.10 bits per heavy atom. The van der Waals surface area contributed by atoms with E-state index in [1.54, 1.807) is 30.9 Å². The van der Waals surface area contributed by atoms with Gasteiger partial charge in [-0.15, -0.1) is 0 Å². The molecule has 0 unspecified atom stereocenters. The summed E-state index contributed by atoms with van der Waals surface area (Å²) in [6, 6.07) is 9.44. The first kappa shape index (κ1) is 29.2. The zero-order valence-electron chi connectivity index (χ0n) is 23.6. The van der Waals surface area contributed by atoms with Gasteiger partial charge in [-0.2, -0.15) is 5.10 Å². The second kappa shape index (κ2) is 13.1. The first-order valence-electron chi connectivity index (χ1n) is 13.6. The van der Waals surface area contributed by atoms with E-state index in [0.717, 1.165) is 49.4 Å². The maximum Gasteiger partial charge on any atom is 0.249 e. The molecule has 42 heavy (non-hydrogen) atoms. The summed E-state index contributed by atoms with van der Waals surface area (Å²) >= 11 is 6.78. The Kier molecular flexibility index (Phi) is 9.12. The predicted molar refractivity (Wildman–Crippen MR) is 162 cm³/mol. The summed E-state index contributed by atoms with van der Waals surface area (Å²) in [7, 11) is 2.13. The van der Waals surface area contributed by atoms with Gasteiger partial charge in [0.2, 0.25) is 11.9 Å². The van der Waals surface area contributed by atoms with Crippen molar-refractivity contribution in [2.24, 2.45) is 5.73 Å². The molecule has 0 atom stereocenters. The number of hydrogen-bond acceptors (Lipinski definition) is 7. The van der Waals surface area contributed by atoms with Crippen LogP contribution in [0.1, 0.15) is 32.6 Å². The van der Waals surface area contributed by atoms with Crippen molar-refractivity contribution in [1.82, 2.24) is 29.5 Å². The monoisotopic (exact) mass is 586 g/mol. The van der Waals surface area contributed by atoms with Crippen molar-refractivity contribution in [3.05, 3.63) is 88.0 Å². The largest absolute Gasteiger partial charge is 0.366 e. The van der Waals surface area contributed by atoms with Crippen LogP contribution in [0.4, 0.5) is 16.0 Å². The molecule has 0 saturated carbocycles. The zero-order valence-corrected chi connectivity index (χ0v) is 24.3. The molecule has 1 aliphatic heterocycles. The van der Waals surface area contributed by atoms with Crippen molar-refractivity contribution in [2.45, 2.75) is 20.0 Å². The Morgan fingerprint density at radius 2 is 1.86 bits per heavy atom. The SMILES string of the molecule is Cc1ccc(C(N)=O)c(-c2ccc(CN3CCN(C)CC3)c(Cl)c2)c1C#Cc1cnc(Nc2cnn(CCF)c2)nc1. The van der Waals surface area contributed by atoms with Gasteiger partial charge in [-0.1, -0.05) is 41.6 Å². The number of primary amides is 1. The number of amides is 1. The van der Waals surface area contributed by atoms with E-state index >= 15 is 0 Å². The summed E-state index contributed by atoms with van der Waals surface area (Å²) in [4.78, 5) is 25.8. The highest BCUT2D eigenvalue weighted by molar-refractivity contribution is 6.31. The summed E-state index contributed by atoms with van der Waals surface area (Å²) in [6.45, 7) is 6.43. The van der Waals surface area contributed by atoms with Crippen molar-refractivity contribution in [1.29, 1.82) is 0 Å². The minimum Gasteiger partial charge on any atom is -0.366 e. The molecule has 9 nitrogen and oxygen atoms in total. The van der Waals surface area contributed by atoms with Gasteiger partial charge in [-0.3, -0.25) is 14.4 Å². The van der Waals surface area contributed by atoms with Gasteiger partial charge in [0, 0.05) is 73.0 Å². The summed E-state index contributed by atoms with van der Waals surface area (Å²) < 4.78 is 14.0. The number of alkyl halides is 1. The van der Waals surface area contributed by atoms with Crippen LogP contribution in [0.15, 0.2) is 55.1 Å². The van der Waals surface area contributed by atoms with Crippen molar-refractivity contribution in [2.75, 3.05) is 45.2 Å². The van der Waals surface area contributed by atoms with Crippen LogP contribution >= 0.6 is 11.6 Å². The molecule has 2 aromatic heterocycles. The molecule has 216 valence electrons. The van der Waals surface area contributed by atoms with E-state index in [-0.39, 0.29) is 6.54 Å². The standard InChI is InChI=1S/C31H32ClFN8O/c1-21-3-7-27(30(34)42)29(23-5-6-24(28(32)15-23)19-40-13-11-39(2)12-14-40)26(21)8-4-22-16-35-31(36-17-22)38-25-18-37-41(20-25)10-9-33/h3,5-7,15-18,20H,9-14,19H2,1-2H3,(H2,34,42)(H,35,36,38). The first-order valence-corrected chi connectivity index (χ1v) is 14.0. The van der Waals surface area contributed by atoms with Crippen LogP contribution in [-0.2, 0) is 13.1 Å². The van der Waals surface area contributed by atoms with Crippen LogP contribution in [0.5, 0.6) is 0 Å². The van der Waals surface area contributed by atoms with Crippen molar-refractivity contribution < 1.29 is 9.18 Å². The molecule has 5 rings (SSSR count). The summed E-state index contributed by atoms with van der Waals surface area (Å²) in [6.07, 6.45) is 6.46. The lowest BCUT2D eigenvalue weighted by atomic mass is 9.90. The van der Waals surface area contributed by atoms with Gasteiger partial charge in [0.15, 0.2) is 0 Å². The average molecular weight is 587 g/mol. The number of nitrogens with one attached hydrogen (secondary N) is 1. The molecular formula is C31H32ClFN8O. The van der Waals surface area contributed by atoms with Gasteiger partial charge in [-0.25, -0.2) is 14.4 Å². The van der Waals surface area contributed by atoms with Crippen molar-refractivity contribution in [3.8, 4) is 23.0 Å². The van der Waals surface area contributed by atoms with Gasteiger partial charge >= 0.3 is 0 Å². The minimum atomic E-state index is -0.542. The molecule has 1 amide bonds. The van der Waals surface area contributed by atoms with Crippen molar-refractivity contribution >= 4 is 29.1 Å². The Morgan fingerprint density at radius 3 is 2.55 bits per heavy atom. The van der Waals surface area contributed by atoms with Gasteiger partial charge in [0.1, 0.15) is 6.67 Å². The fourth-order valence-electron chi connectivity index (χ4n) is 4.81. The number of aromatic nitrogens is 4. The number of benzene rings is 2. The van der Waals surface area contributed by atoms with Crippen LogP contribution in [0.25, 0.3) is 11.1 Å². The number of aryl methyl sites for hydroxylation is 2. The van der Waals surface area contributed by atoms with Crippen LogP contribution in [-0.4, -0.2) is 75.4 Å². The number of anilines is 2. The molecule has 4 aromatic rings. The Hall–Kier alpha value is -4.30. The van der Waals surface area contributed by atoms with Crippen LogP contribution in [0.3, 0.4) is 0 Å². The fraction of sp³-hybridized carbons (Fsp3) is 0.290. The highest BCUT2D eigenvalue weighted by atomic mass is 35.5. The van der Waals surface area contributed by atoms with E-state index in [9.17, 15) is 9.18 Å². The molecule has 0 spiro atoms. The summed E-state index contributed by atoms with van der Waals surface area (Å²) in [5, 5.41) is 7.74. The lowest BCUT2D eigenvalue weighted by Crippen LogP contribution is -2.43. The van der Waals surface area contributed by atoms with Crippen LogP contribution in [0, 0.1) is 18.8 Å².